The third-order valence-electron chi connectivity index (χ3n) is 4.88. The Morgan fingerprint density at radius 2 is 2.13 bits per heavy atom. The van der Waals surface area contributed by atoms with Crippen LogP contribution < -0.4 is 16.4 Å². The lowest BCUT2D eigenvalue weighted by Crippen LogP contribution is -2.48. The number of rotatable bonds is 6. The van der Waals surface area contributed by atoms with E-state index in [-0.39, 0.29) is 34.8 Å². The Morgan fingerprint density at radius 1 is 1.39 bits per heavy atom. The van der Waals surface area contributed by atoms with Gasteiger partial charge in [-0.2, -0.15) is 13.2 Å². The van der Waals surface area contributed by atoms with E-state index in [1.165, 1.54) is 25.4 Å². The standard InChI is InChI=1S/C19H22ClF3N6O2/c1-18(31,16-15(20)17(24)26-10-25-16)28-13-5-6-29(8-13)9-14(30)27-12-4-2-3-11(7-12)19(21,22)23/h2-4,7,10,13,28,31H,5-6,8-9H2,1H3,(H,27,30)(H2,24,25,26). The fourth-order valence-electron chi connectivity index (χ4n) is 3.46. The third-order valence-corrected chi connectivity index (χ3v) is 5.25. The van der Waals surface area contributed by atoms with Gasteiger partial charge in [0.15, 0.2) is 5.72 Å². The van der Waals surface area contributed by atoms with Gasteiger partial charge in [-0.1, -0.05) is 17.7 Å². The Kier molecular flexibility index (Phi) is 6.70. The predicted molar refractivity (Wildman–Crippen MR) is 109 cm³/mol. The number of carbonyl (C=O) groups is 1. The molecule has 1 amide bonds. The Morgan fingerprint density at radius 3 is 2.84 bits per heavy atom. The summed E-state index contributed by atoms with van der Waals surface area (Å²) in [5.41, 5.74) is 3.47. The summed E-state index contributed by atoms with van der Waals surface area (Å²) >= 11 is 6.09. The number of alkyl halides is 3. The number of amides is 1. The molecular weight excluding hydrogens is 437 g/mol. The number of nitrogens with one attached hydrogen (secondary N) is 2. The molecule has 168 valence electrons. The van der Waals surface area contributed by atoms with Crippen LogP contribution in [0.25, 0.3) is 0 Å². The zero-order valence-electron chi connectivity index (χ0n) is 16.6. The Labute approximate surface area is 181 Å². The van der Waals surface area contributed by atoms with Crippen molar-refractivity contribution in [3.63, 3.8) is 0 Å². The summed E-state index contributed by atoms with van der Waals surface area (Å²) in [5, 5.41) is 16.4. The van der Waals surface area contributed by atoms with Crippen molar-refractivity contribution in [2.24, 2.45) is 0 Å². The molecule has 0 saturated carbocycles. The highest BCUT2D eigenvalue weighted by Crippen LogP contribution is 2.31. The van der Waals surface area contributed by atoms with Gasteiger partial charge in [0.2, 0.25) is 5.91 Å². The van der Waals surface area contributed by atoms with Crippen LogP contribution in [0.4, 0.5) is 24.7 Å². The molecule has 8 nitrogen and oxygen atoms in total. The van der Waals surface area contributed by atoms with Crippen molar-refractivity contribution in [3.8, 4) is 0 Å². The first kappa shape index (κ1) is 23.2. The van der Waals surface area contributed by atoms with Crippen LogP contribution in [0, 0.1) is 0 Å². The normalized spacial score (nSPS) is 19.2. The monoisotopic (exact) mass is 458 g/mol. The van der Waals surface area contributed by atoms with E-state index in [0.29, 0.717) is 19.5 Å². The topological polar surface area (TPSA) is 116 Å². The van der Waals surface area contributed by atoms with Crippen molar-refractivity contribution in [3.05, 3.63) is 46.9 Å². The molecule has 0 radical (unpaired) electrons. The molecule has 1 fully saturated rings. The highest BCUT2D eigenvalue weighted by Gasteiger charge is 2.34. The number of nitrogens with two attached hydrogens (primary N) is 1. The summed E-state index contributed by atoms with van der Waals surface area (Å²) in [7, 11) is 0. The number of hydrogen-bond acceptors (Lipinski definition) is 7. The minimum Gasteiger partial charge on any atom is -0.382 e. The summed E-state index contributed by atoms with van der Waals surface area (Å²) < 4.78 is 38.4. The molecule has 2 aromatic rings. The van der Waals surface area contributed by atoms with Crippen molar-refractivity contribution in [1.82, 2.24) is 20.2 Å². The first-order valence-electron chi connectivity index (χ1n) is 9.41. The molecule has 1 aromatic heterocycles. The van der Waals surface area contributed by atoms with E-state index in [2.05, 4.69) is 20.6 Å². The van der Waals surface area contributed by atoms with Crippen molar-refractivity contribution in [2.75, 3.05) is 30.7 Å². The molecule has 5 N–H and O–H groups in total. The number of aliphatic hydroxyl groups is 1. The van der Waals surface area contributed by atoms with E-state index < -0.39 is 23.4 Å². The Hall–Kier alpha value is -2.47. The van der Waals surface area contributed by atoms with Gasteiger partial charge in [-0.05, 0) is 31.5 Å². The molecule has 1 aliphatic rings. The number of benzene rings is 1. The first-order valence-corrected chi connectivity index (χ1v) is 9.79. The summed E-state index contributed by atoms with van der Waals surface area (Å²) in [6.07, 6.45) is -2.65. The summed E-state index contributed by atoms with van der Waals surface area (Å²) in [4.78, 5) is 21.9. The second kappa shape index (κ2) is 8.95. The molecule has 0 bridgehead atoms. The highest BCUT2D eigenvalue weighted by atomic mass is 35.5. The minimum absolute atomic E-state index is 0.00220. The molecule has 3 rings (SSSR count). The molecule has 0 spiro atoms. The number of nitrogen functional groups attached to an aromatic ring is 1. The number of likely N-dealkylation sites (tertiary alicyclic amines) is 1. The molecule has 12 heteroatoms. The number of hydrogen-bond donors (Lipinski definition) is 4. The van der Waals surface area contributed by atoms with Crippen LogP contribution in [0.15, 0.2) is 30.6 Å². The maximum absolute atomic E-state index is 12.8. The van der Waals surface area contributed by atoms with Crippen molar-refractivity contribution in [1.29, 1.82) is 0 Å². The van der Waals surface area contributed by atoms with Crippen LogP contribution >= 0.6 is 11.6 Å². The van der Waals surface area contributed by atoms with Gasteiger partial charge in [-0.15, -0.1) is 0 Å². The van der Waals surface area contributed by atoms with Gasteiger partial charge in [0.05, 0.1) is 12.1 Å². The zero-order chi connectivity index (χ0) is 22.8. The first-order chi connectivity index (χ1) is 14.5. The quantitative estimate of drug-likeness (QED) is 0.490. The van der Waals surface area contributed by atoms with E-state index in [9.17, 15) is 23.1 Å². The number of aromatic nitrogens is 2. The maximum atomic E-state index is 12.8. The molecule has 2 atom stereocenters. The van der Waals surface area contributed by atoms with Crippen LogP contribution in [-0.4, -0.2) is 51.6 Å². The second-order valence-electron chi connectivity index (χ2n) is 7.49. The lowest BCUT2D eigenvalue weighted by Gasteiger charge is -2.29. The molecule has 1 saturated heterocycles. The molecule has 2 unspecified atom stereocenters. The molecule has 0 aliphatic carbocycles. The summed E-state index contributed by atoms with van der Waals surface area (Å²) in [5.74, 6) is -0.383. The van der Waals surface area contributed by atoms with Crippen molar-refractivity contribution in [2.45, 2.75) is 31.3 Å². The summed E-state index contributed by atoms with van der Waals surface area (Å²) in [6.45, 7) is 2.48. The molecule has 2 heterocycles. The lowest BCUT2D eigenvalue weighted by molar-refractivity contribution is -0.137. The maximum Gasteiger partial charge on any atom is 0.416 e. The highest BCUT2D eigenvalue weighted by molar-refractivity contribution is 6.33. The van der Waals surface area contributed by atoms with Gasteiger partial charge in [0.25, 0.3) is 0 Å². The van der Waals surface area contributed by atoms with Gasteiger partial charge in [-0.25, -0.2) is 9.97 Å². The molecule has 1 aromatic carbocycles. The van der Waals surface area contributed by atoms with E-state index in [1.54, 1.807) is 0 Å². The largest absolute Gasteiger partial charge is 0.416 e. The molecule has 1 aliphatic heterocycles. The van der Waals surface area contributed by atoms with E-state index >= 15 is 0 Å². The van der Waals surface area contributed by atoms with Crippen LogP contribution in [0.5, 0.6) is 0 Å². The smallest absolute Gasteiger partial charge is 0.382 e. The number of nitrogens with zero attached hydrogens (tertiary/aromatic N) is 3. The second-order valence-corrected chi connectivity index (χ2v) is 7.86. The SMILES string of the molecule is CC(O)(NC1CCN(CC(=O)Nc2cccc(C(F)(F)F)c2)C1)c1ncnc(N)c1Cl. The molecule has 31 heavy (non-hydrogen) atoms. The average Bonchev–Trinajstić information content (AvgIpc) is 3.09. The predicted octanol–water partition coefficient (Wildman–Crippen LogP) is 2.20. The number of halogens is 4. The Bertz CT molecular complexity index is 956. The van der Waals surface area contributed by atoms with Crippen molar-refractivity contribution < 1.29 is 23.1 Å². The van der Waals surface area contributed by atoms with E-state index in [4.69, 9.17) is 17.3 Å². The average molecular weight is 459 g/mol. The van der Waals surface area contributed by atoms with Crippen LogP contribution in [0.2, 0.25) is 5.02 Å². The van der Waals surface area contributed by atoms with Gasteiger partial charge in [-0.3, -0.25) is 15.0 Å². The fraction of sp³-hybridized carbons (Fsp3) is 0.421. The van der Waals surface area contributed by atoms with E-state index in [0.717, 1.165) is 12.1 Å². The van der Waals surface area contributed by atoms with Crippen molar-refractivity contribution >= 4 is 29.0 Å². The zero-order valence-corrected chi connectivity index (χ0v) is 17.3. The summed E-state index contributed by atoms with van der Waals surface area (Å²) in [6, 6.07) is 4.29. The Balaban J connectivity index is 1.55. The number of anilines is 2. The van der Waals surface area contributed by atoms with E-state index in [1.807, 2.05) is 4.90 Å². The molecular formula is C19H22ClF3N6O2. The van der Waals surface area contributed by atoms with Gasteiger partial charge in [0, 0.05) is 24.8 Å². The van der Waals surface area contributed by atoms with Gasteiger partial charge < -0.3 is 16.2 Å². The fourth-order valence-corrected chi connectivity index (χ4v) is 3.74. The third kappa shape index (κ3) is 5.82. The lowest BCUT2D eigenvalue weighted by atomic mass is 10.1. The number of carbonyl (C=O) groups excluding carboxylic acids is 1. The van der Waals surface area contributed by atoms with Gasteiger partial charge in [0.1, 0.15) is 22.9 Å². The van der Waals surface area contributed by atoms with Gasteiger partial charge >= 0.3 is 6.18 Å². The van der Waals surface area contributed by atoms with Crippen LogP contribution in [0.3, 0.4) is 0 Å². The van der Waals surface area contributed by atoms with Crippen LogP contribution in [0.1, 0.15) is 24.6 Å². The minimum atomic E-state index is -4.48. The van der Waals surface area contributed by atoms with Crippen LogP contribution in [-0.2, 0) is 16.7 Å².